The maximum Gasteiger partial charge on any atom is 0.261 e. The molecule has 0 aliphatic rings. The van der Waals surface area contributed by atoms with Crippen molar-refractivity contribution < 1.29 is 8.42 Å². The van der Waals surface area contributed by atoms with Crippen LogP contribution in [0.5, 0.6) is 0 Å². The number of aryl methyl sites for hydroxylation is 2. The average molecular weight is 594 g/mol. The highest BCUT2D eigenvalue weighted by Gasteiger charge is 2.33. The van der Waals surface area contributed by atoms with Gasteiger partial charge in [0.1, 0.15) is 0 Å². The van der Waals surface area contributed by atoms with Gasteiger partial charge in [0.25, 0.3) is 10.0 Å². The smallest absolute Gasteiger partial charge is 0.261 e. The molecule has 0 saturated heterocycles. The summed E-state index contributed by atoms with van der Waals surface area (Å²) < 4.78 is 30.4. The third kappa shape index (κ3) is 6.44. The molecule has 5 aromatic rings. The lowest BCUT2D eigenvalue weighted by molar-refractivity contribution is 0.591. The van der Waals surface area contributed by atoms with Gasteiger partial charge in [0.15, 0.2) is 0 Å². The van der Waals surface area contributed by atoms with E-state index in [1.165, 1.54) is 0 Å². The van der Waals surface area contributed by atoms with E-state index in [1.807, 2.05) is 79.7 Å². The largest absolute Gasteiger partial charge is 0.279 e. The Morgan fingerprint density at radius 3 is 1.59 bits per heavy atom. The summed E-state index contributed by atoms with van der Waals surface area (Å²) in [5.74, 6) is 0. The van der Waals surface area contributed by atoms with Crippen LogP contribution in [0.25, 0.3) is 5.70 Å². The number of benzene rings is 5. The number of rotatable bonds is 9. The molecule has 206 valence electrons. The fraction of sp³-hybridized carbons (Fsp3) is 0.0857. The fourth-order valence-electron chi connectivity index (χ4n) is 4.83. The van der Waals surface area contributed by atoms with Crippen LogP contribution in [0.15, 0.2) is 150 Å². The fourth-order valence-corrected chi connectivity index (χ4v) is 10.3. The van der Waals surface area contributed by atoms with Gasteiger partial charge in [0.2, 0.25) is 0 Å². The molecule has 0 heterocycles. The van der Waals surface area contributed by atoms with Gasteiger partial charge in [-0.05, 0) is 53.8 Å². The van der Waals surface area contributed by atoms with Crippen LogP contribution in [-0.4, -0.2) is 8.42 Å². The maximum atomic E-state index is 13.7. The van der Waals surface area contributed by atoms with Crippen molar-refractivity contribution in [2.24, 2.45) is 0 Å². The minimum Gasteiger partial charge on any atom is -0.279 e. The first-order valence-electron chi connectivity index (χ1n) is 13.4. The molecule has 0 unspecified atom stereocenters. The second kappa shape index (κ2) is 12.4. The Morgan fingerprint density at radius 2 is 1.10 bits per heavy atom. The van der Waals surface area contributed by atoms with Crippen molar-refractivity contribution in [3.8, 4) is 0 Å². The molecule has 5 aromatic carbocycles. The van der Waals surface area contributed by atoms with Gasteiger partial charge in [0, 0.05) is 11.7 Å². The molecule has 1 N–H and O–H groups in total. The van der Waals surface area contributed by atoms with Crippen LogP contribution >= 0.6 is 6.04 Å². The topological polar surface area (TPSA) is 46.2 Å². The van der Waals surface area contributed by atoms with Crippen LogP contribution in [0, 0.1) is 13.8 Å². The molecule has 1 atom stereocenters. The van der Waals surface area contributed by atoms with Crippen molar-refractivity contribution in [2.45, 2.75) is 24.4 Å². The predicted octanol–water partition coefficient (Wildman–Crippen LogP) is 7.49. The number of nitrogens with one attached hydrogen (secondary N) is 1. The zero-order chi connectivity index (χ0) is 28.9. The van der Waals surface area contributed by atoms with Crippen molar-refractivity contribution in [3.05, 3.63) is 168 Å². The van der Waals surface area contributed by atoms with Crippen LogP contribution in [0.3, 0.4) is 0 Å². The van der Waals surface area contributed by atoms with E-state index in [9.17, 15) is 8.42 Å². The molecule has 5 rings (SSSR count). The molecule has 0 aromatic heterocycles. The summed E-state index contributed by atoms with van der Waals surface area (Å²) in [5.41, 5.74) is 4.15. The first kappa shape index (κ1) is 28.8. The van der Waals surface area contributed by atoms with Crippen LogP contribution in [0.4, 0.5) is 0 Å². The molecule has 0 bridgehead atoms. The molecule has 0 amide bonds. The van der Waals surface area contributed by atoms with Crippen molar-refractivity contribution in [3.63, 3.8) is 0 Å². The Hall–Kier alpha value is -3.76. The SMILES string of the molecule is Cc1ccc([C@@H](/C=C(\NS(=O)(=O)c2ccc(C)cc2)c2ccccc2)P(=S)(c2ccccc2)c2ccccc2)cc1. The normalized spacial score (nSPS) is 13.0. The van der Waals surface area contributed by atoms with Crippen LogP contribution in [0.1, 0.15) is 27.9 Å². The number of hydrogen-bond acceptors (Lipinski definition) is 3. The van der Waals surface area contributed by atoms with Crippen LogP contribution in [0.2, 0.25) is 0 Å². The van der Waals surface area contributed by atoms with Crippen molar-refractivity contribution in [1.29, 1.82) is 0 Å². The second-order valence-electron chi connectivity index (χ2n) is 10.0. The van der Waals surface area contributed by atoms with Crippen molar-refractivity contribution >= 4 is 44.2 Å². The summed E-state index contributed by atoms with van der Waals surface area (Å²) in [6.45, 7) is 4.00. The zero-order valence-electron chi connectivity index (χ0n) is 23.0. The summed E-state index contributed by atoms with van der Waals surface area (Å²) in [6.07, 6.45) is 2.03. The van der Waals surface area contributed by atoms with Gasteiger partial charge in [-0.25, -0.2) is 8.42 Å². The summed E-state index contributed by atoms with van der Waals surface area (Å²) in [6, 6.07) is 42.8. The summed E-state index contributed by atoms with van der Waals surface area (Å²) in [5, 5.41) is 2.13. The van der Waals surface area contributed by atoms with Crippen molar-refractivity contribution in [1.82, 2.24) is 4.72 Å². The molecule has 6 heteroatoms. The first-order valence-corrected chi connectivity index (χ1v) is 17.8. The lowest BCUT2D eigenvalue weighted by Crippen LogP contribution is -2.25. The Balaban J connectivity index is 1.77. The third-order valence-electron chi connectivity index (χ3n) is 7.08. The van der Waals surface area contributed by atoms with Crippen LogP contribution in [-0.2, 0) is 21.8 Å². The van der Waals surface area contributed by atoms with E-state index in [1.54, 1.807) is 24.3 Å². The lowest BCUT2D eigenvalue weighted by Gasteiger charge is -2.32. The first-order chi connectivity index (χ1) is 19.8. The Labute approximate surface area is 248 Å². The maximum absolute atomic E-state index is 13.7. The molecule has 0 fully saturated rings. The third-order valence-corrected chi connectivity index (χ3v) is 13.8. The Morgan fingerprint density at radius 1 is 0.659 bits per heavy atom. The highest BCUT2D eigenvalue weighted by molar-refractivity contribution is 8.22. The minimum absolute atomic E-state index is 0.211. The summed E-state index contributed by atoms with van der Waals surface area (Å²) >= 11 is 6.78. The standard InChI is InChI=1S/C35H32NO2PS2/c1-27-18-22-30(23-19-27)35(39(40,31-14-8-4-9-15-31)32-16-10-5-11-17-32)26-34(29-12-6-3-7-13-29)36-41(37,38)33-24-20-28(2)21-25-33/h3-26,35-36H,1-2H3/b34-26-/t35-/m1/s1. The minimum atomic E-state index is -3.87. The number of hydrogen-bond donors (Lipinski definition) is 1. The van der Waals surface area contributed by atoms with E-state index in [0.717, 1.165) is 32.9 Å². The molecule has 41 heavy (non-hydrogen) atoms. The Kier molecular flexibility index (Phi) is 8.70. The molecule has 0 radical (unpaired) electrons. The van der Waals surface area contributed by atoms with Gasteiger partial charge in [-0.1, -0.05) is 150 Å². The van der Waals surface area contributed by atoms with E-state index in [4.69, 9.17) is 11.8 Å². The summed E-state index contributed by atoms with van der Waals surface area (Å²) in [7, 11) is -3.87. The highest BCUT2D eigenvalue weighted by Crippen LogP contribution is 2.58. The van der Waals surface area contributed by atoms with Gasteiger partial charge in [-0.3, -0.25) is 4.72 Å². The second-order valence-corrected chi connectivity index (χ2v) is 16.4. The molecule has 0 aliphatic carbocycles. The zero-order valence-corrected chi connectivity index (χ0v) is 25.5. The molecule has 0 aliphatic heterocycles. The van der Waals surface area contributed by atoms with Gasteiger partial charge in [-0.2, -0.15) is 0 Å². The molecule has 3 nitrogen and oxygen atoms in total. The molecular weight excluding hydrogens is 561 g/mol. The average Bonchev–Trinajstić information content (AvgIpc) is 3.01. The van der Waals surface area contributed by atoms with E-state index in [0.29, 0.717) is 5.70 Å². The van der Waals surface area contributed by atoms with Gasteiger partial charge in [0.05, 0.1) is 10.6 Å². The quantitative estimate of drug-likeness (QED) is 0.180. The van der Waals surface area contributed by atoms with Gasteiger partial charge >= 0.3 is 0 Å². The lowest BCUT2D eigenvalue weighted by atomic mass is 10.1. The number of allylic oxidation sites excluding steroid dienone is 1. The molecule has 0 spiro atoms. The van der Waals surface area contributed by atoms with E-state index >= 15 is 0 Å². The Bertz CT molecular complexity index is 1740. The van der Waals surface area contributed by atoms with Crippen LogP contribution < -0.4 is 15.3 Å². The highest BCUT2D eigenvalue weighted by atomic mass is 32.4. The van der Waals surface area contributed by atoms with E-state index in [-0.39, 0.29) is 10.6 Å². The van der Waals surface area contributed by atoms with E-state index in [2.05, 4.69) is 60.2 Å². The van der Waals surface area contributed by atoms with Gasteiger partial charge < -0.3 is 0 Å². The predicted molar refractivity (Wildman–Crippen MR) is 176 cm³/mol. The molecular formula is C35H32NO2PS2. The van der Waals surface area contributed by atoms with E-state index < -0.39 is 16.1 Å². The monoisotopic (exact) mass is 593 g/mol. The molecule has 0 saturated carbocycles. The summed E-state index contributed by atoms with van der Waals surface area (Å²) in [4.78, 5) is 0.211. The van der Waals surface area contributed by atoms with Gasteiger partial charge in [-0.15, -0.1) is 0 Å². The number of sulfonamides is 1. The van der Waals surface area contributed by atoms with Crippen molar-refractivity contribution in [2.75, 3.05) is 0 Å².